The lowest BCUT2D eigenvalue weighted by molar-refractivity contribution is -0.129. The maximum Gasteiger partial charge on any atom is 0.243 e. The first-order valence-electron chi connectivity index (χ1n) is 9.74. The van der Waals surface area contributed by atoms with Gasteiger partial charge in [-0.05, 0) is 68.1 Å². The zero-order valence-corrected chi connectivity index (χ0v) is 15.4. The van der Waals surface area contributed by atoms with Gasteiger partial charge in [-0.1, -0.05) is 31.0 Å². The summed E-state index contributed by atoms with van der Waals surface area (Å²) in [6, 6.07) is 6.16. The molecule has 2 unspecified atom stereocenters. The molecule has 0 spiro atoms. The Kier molecular flexibility index (Phi) is 5.77. The second-order valence-electron chi connectivity index (χ2n) is 7.69. The highest BCUT2D eigenvalue weighted by Gasteiger charge is 2.32. The first kappa shape index (κ1) is 18.0. The van der Waals surface area contributed by atoms with Crippen LogP contribution in [0.3, 0.4) is 0 Å². The van der Waals surface area contributed by atoms with Gasteiger partial charge in [0.05, 0.1) is 6.04 Å². The molecule has 25 heavy (non-hydrogen) atoms. The highest BCUT2D eigenvalue weighted by atomic mass is 16.2. The maximum absolute atomic E-state index is 12.8. The third-order valence-corrected chi connectivity index (χ3v) is 5.74. The number of nitrogens with one attached hydrogen (secondary N) is 2. The number of rotatable bonds is 5. The summed E-state index contributed by atoms with van der Waals surface area (Å²) in [5, 5.41) is 6.01. The SMILES string of the molecule is CC(=O)NC(C(=O)NC(C)c1ccc2c(c1)CCCC2)C1CCCC1. The normalized spacial score (nSPS) is 19.8. The van der Waals surface area contributed by atoms with E-state index in [1.807, 2.05) is 6.92 Å². The summed E-state index contributed by atoms with van der Waals surface area (Å²) in [5.41, 5.74) is 4.04. The molecule has 0 bridgehead atoms. The van der Waals surface area contributed by atoms with Crippen molar-refractivity contribution in [2.45, 2.75) is 77.3 Å². The van der Waals surface area contributed by atoms with Crippen LogP contribution in [0.4, 0.5) is 0 Å². The van der Waals surface area contributed by atoms with Crippen molar-refractivity contribution in [3.8, 4) is 0 Å². The molecule has 2 aliphatic carbocycles. The molecule has 2 N–H and O–H groups in total. The van der Waals surface area contributed by atoms with Crippen LogP contribution in [0.5, 0.6) is 0 Å². The van der Waals surface area contributed by atoms with Gasteiger partial charge in [0.1, 0.15) is 6.04 Å². The number of carbonyl (C=O) groups excluding carboxylic acids is 2. The van der Waals surface area contributed by atoms with Gasteiger partial charge in [-0.15, -0.1) is 0 Å². The van der Waals surface area contributed by atoms with Crippen LogP contribution in [0, 0.1) is 5.92 Å². The summed E-state index contributed by atoms with van der Waals surface area (Å²) in [7, 11) is 0. The Labute approximate surface area is 150 Å². The third-order valence-electron chi connectivity index (χ3n) is 5.74. The van der Waals surface area contributed by atoms with Gasteiger partial charge in [0.15, 0.2) is 0 Å². The largest absolute Gasteiger partial charge is 0.348 e. The molecule has 1 saturated carbocycles. The van der Waals surface area contributed by atoms with Crippen molar-refractivity contribution >= 4 is 11.8 Å². The maximum atomic E-state index is 12.8. The van der Waals surface area contributed by atoms with Crippen LogP contribution in [0.25, 0.3) is 0 Å². The number of benzene rings is 1. The number of hydrogen-bond acceptors (Lipinski definition) is 2. The molecule has 136 valence electrons. The Morgan fingerprint density at radius 2 is 1.68 bits per heavy atom. The summed E-state index contributed by atoms with van der Waals surface area (Å²) in [6.07, 6.45) is 9.17. The lowest BCUT2D eigenvalue weighted by Gasteiger charge is -2.26. The molecule has 0 saturated heterocycles. The molecule has 0 radical (unpaired) electrons. The predicted octanol–water partition coefficient (Wildman–Crippen LogP) is 3.44. The van der Waals surface area contributed by atoms with E-state index in [2.05, 4.69) is 28.8 Å². The van der Waals surface area contributed by atoms with Crippen LogP contribution in [0.15, 0.2) is 18.2 Å². The van der Waals surface area contributed by atoms with E-state index in [0.717, 1.165) is 37.7 Å². The van der Waals surface area contributed by atoms with Gasteiger partial charge >= 0.3 is 0 Å². The smallest absolute Gasteiger partial charge is 0.243 e. The standard InChI is InChI=1S/C21H30N2O2/c1-14(18-12-11-16-7-3-6-10-19(16)13-18)22-21(25)20(23-15(2)24)17-8-4-5-9-17/h11-14,17,20H,3-10H2,1-2H3,(H,22,25)(H,23,24). The molecule has 1 aromatic carbocycles. The van der Waals surface area contributed by atoms with Gasteiger partial charge in [-0.3, -0.25) is 9.59 Å². The lowest BCUT2D eigenvalue weighted by Crippen LogP contribution is -2.50. The second-order valence-corrected chi connectivity index (χ2v) is 7.69. The molecule has 4 heteroatoms. The van der Waals surface area contributed by atoms with Gasteiger partial charge in [-0.2, -0.15) is 0 Å². The van der Waals surface area contributed by atoms with E-state index in [0.29, 0.717) is 0 Å². The Balaban J connectivity index is 1.68. The van der Waals surface area contributed by atoms with E-state index in [1.165, 1.54) is 37.3 Å². The Bertz CT molecular complexity index is 635. The minimum absolute atomic E-state index is 0.0441. The van der Waals surface area contributed by atoms with Gasteiger partial charge < -0.3 is 10.6 Å². The van der Waals surface area contributed by atoms with Crippen molar-refractivity contribution in [3.63, 3.8) is 0 Å². The van der Waals surface area contributed by atoms with Gasteiger partial charge in [-0.25, -0.2) is 0 Å². The first-order chi connectivity index (χ1) is 12.0. The number of aryl methyl sites for hydroxylation is 2. The van der Waals surface area contributed by atoms with Crippen LogP contribution in [0.1, 0.15) is 75.1 Å². The van der Waals surface area contributed by atoms with Crippen molar-refractivity contribution in [1.29, 1.82) is 0 Å². The van der Waals surface area contributed by atoms with Crippen molar-refractivity contribution in [1.82, 2.24) is 10.6 Å². The van der Waals surface area contributed by atoms with Gasteiger partial charge in [0, 0.05) is 6.92 Å². The van der Waals surface area contributed by atoms with E-state index in [1.54, 1.807) is 0 Å². The van der Waals surface area contributed by atoms with E-state index in [9.17, 15) is 9.59 Å². The van der Waals surface area contributed by atoms with E-state index >= 15 is 0 Å². The molecule has 1 fully saturated rings. The number of carbonyl (C=O) groups is 2. The molecule has 2 atom stereocenters. The molecule has 2 amide bonds. The van der Waals surface area contributed by atoms with Crippen LogP contribution < -0.4 is 10.6 Å². The van der Waals surface area contributed by atoms with Crippen molar-refractivity contribution < 1.29 is 9.59 Å². The van der Waals surface area contributed by atoms with E-state index < -0.39 is 6.04 Å². The van der Waals surface area contributed by atoms with E-state index in [-0.39, 0.29) is 23.8 Å². The van der Waals surface area contributed by atoms with Gasteiger partial charge in [0.2, 0.25) is 11.8 Å². The fraction of sp³-hybridized carbons (Fsp3) is 0.619. The first-order valence-corrected chi connectivity index (χ1v) is 9.74. The average molecular weight is 342 g/mol. The van der Waals surface area contributed by atoms with E-state index in [4.69, 9.17) is 0 Å². The predicted molar refractivity (Wildman–Crippen MR) is 99.2 cm³/mol. The van der Waals surface area contributed by atoms with Crippen molar-refractivity contribution in [3.05, 3.63) is 34.9 Å². The summed E-state index contributed by atoms with van der Waals surface area (Å²) in [4.78, 5) is 24.4. The minimum atomic E-state index is -0.403. The topological polar surface area (TPSA) is 58.2 Å². The Morgan fingerprint density at radius 1 is 1.00 bits per heavy atom. The number of hydrogen-bond donors (Lipinski definition) is 2. The van der Waals surface area contributed by atoms with Crippen molar-refractivity contribution in [2.75, 3.05) is 0 Å². The van der Waals surface area contributed by atoms with Crippen LogP contribution in [-0.4, -0.2) is 17.9 Å². The molecule has 4 nitrogen and oxygen atoms in total. The monoisotopic (exact) mass is 342 g/mol. The molecule has 2 aliphatic rings. The molecular weight excluding hydrogens is 312 g/mol. The Hall–Kier alpha value is -1.84. The number of amides is 2. The molecule has 1 aromatic rings. The third kappa shape index (κ3) is 4.42. The van der Waals surface area contributed by atoms with Crippen LogP contribution in [-0.2, 0) is 22.4 Å². The van der Waals surface area contributed by atoms with Crippen LogP contribution >= 0.6 is 0 Å². The fourth-order valence-corrected chi connectivity index (χ4v) is 4.32. The quantitative estimate of drug-likeness (QED) is 0.861. The molecule has 0 aromatic heterocycles. The Morgan fingerprint density at radius 3 is 2.36 bits per heavy atom. The average Bonchev–Trinajstić information content (AvgIpc) is 3.13. The van der Waals surface area contributed by atoms with Gasteiger partial charge in [0.25, 0.3) is 0 Å². The number of fused-ring (bicyclic) bond motifs is 1. The zero-order valence-electron chi connectivity index (χ0n) is 15.4. The summed E-state index contributed by atoms with van der Waals surface area (Å²) >= 11 is 0. The highest BCUT2D eigenvalue weighted by Crippen LogP contribution is 2.29. The zero-order chi connectivity index (χ0) is 17.8. The second kappa shape index (κ2) is 8.03. The highest BCUT2D eigenvalue weighted by molar-refractivity contribution is 5.87. The molecular formula is C21H30N2O2. The molecule has 0 aliphatic heterocycles. The summed E-state index contributed by atoms with van der Waals surface area (Å²) < 4.78 is 0. The lowest BCUT2D eigenvalue weighted by atomic mass is 9.89. The summed E-state index contributed by atoms with van der Waals surface area (Å²) in [5.74, 6) is 0.0837. The van der Waals surface area contributed by atoms with Crippen LogP contribution in [0.2, 0.25) is 0 Å². The molecule has 0 heterocycles. The summed E-state index contributed by atoms with van der Waals surface area (Å²) in [6.45, 7) is 3.52. The van der Waals surface area contributed by atoms with Crippen molar-refractivity contribution in [2.24, 2.45) is 5.92 Å². The fourth-order valence-electron chi connectivity index (χ4n) is 4.32. The minimum Gasteiger partial charge on any atom is -0.348 e. The molecule has 3 rings (SSSR count).